The maximum Gasteiger partial charge on any atom is 0.126 e. The van der Waals surface area contributed by atoms with E-state index in [-0.39, 0.29) is 0 Å². The van der Waals surface area contributed by atoms with Crippen molar-refractivity contribution in [2.45, 2.75) is 39.3 Å². The number of rotatable bonds is 6. The zero-order valence-corrected chi connectivity index (χ0v) is 15.2. The lowest BCUT2D eigenvalue weighted by molar-refractivity contribution is 0.0970. The largest absolute Gasteiger partial charge is 0.370 e. The summed E-state index contributed by atoms with van der Waals surface area (Å²) in [4.78, 5) is 11.2. The predicted octanol–water partition coefficient (Wildman–Crippen LogP) is 3.63. The van der Waals surface area contributed by atoms with E-state index in [1.54, 1.807) is 23.7 Å². The van der Waals surface area contributed by atoms with E-state index in [0.717, 1.165) is 36.7 Å². The minimum absolute atomic E-state index is 0.322. The van der Waals surface area contributed by atoms with Crippen LogP contribution in [0.5, 0.6) is 0 Å². The van der Waals surface area contributed by atoms with Gasteiger partial charge in [-0.2, -0.15) is 11.3 Å². The molecule has 1 atom stereocenters. The maximum absolute atomic E-state index is 5.88. The third-order valence-corrected chi connectivity index (χ3v) is 5.47. The number of hydrogen-bond donors (Lipinski definition) is 0. The van der Waals surface area contributed by atoms with E-state index in [1.165, 1.54) is 5.56 Å². The van der Waals surface area contributed by atoms with Gasteiger partial charge in [-0.05, 0) is 47.0 Å². The van der Waals surface area contributed by atoms with Gasteiger partial charge in [0.2, 0.25) is 0 Å². The average Bonchev–Trinajstić information content (AvgIpc) is 3.29. The van der Waals surface area contributed by atoms with Crippen LogP contribution >= 0.6 is 11.3 Å². The molecule has 1 aliphatic heterocycles. The molecule has 6 heteroatoms. The van der Waals surface area contributed by atoms with Crippen LogP contribution in [0.25, 0.3) is 0 Å². The van der Waals surface area contributed by atoms with Crippen molar-refractivity contribution in [1.82, 2.24) is 19.4 Å². The zero-order valence-electron chi connectivity index (χ0n) is 14.3. The fraction of sp³-hybridized carbons (Fsp3) is 0.368. The number of hydrogen-bond acceptors (Lipinski definition) is 5. The molecule has 0 N–H and O–H groups in total. The molecule has 25 heavy (non-hydrogen) atoms. The maximum atomic E-state index is 5.88. The molecule has 0 saturated carbocycles. The highest BCUT2D eigenvalue weighted by Crippen LogP contribution is 2.27. The SMILES string of the molecule is CC1c2ncc(COCc3ccncc3)n2CCN1Cc1ccsc1. The van der Waals surface area contributed by atoms with Gasteiger partial charge in [0.1, 0.15) is 5.82 Å². The molecule has 0 radical (unpaired) electrons. The van der Waals surface area contributed by atoms with Crippen molar-refractivity contribution >= 4 is 11.3 Å². The summed E-state index contributed by atoms with van der Waals surface area (Å²) in [6.45, 7) is 6.43. The van der Waals surface area contributed by atoms with E-state index in [1.807, 2.05) is 18.3 Å². The first kappa shape index (κ1) is 16.4. The molecule has 4 heterocycles. The highest BCUT2D eigenvalue weighted by molar-refractivity contribution is 7.07. The highest BCUT2D eigenvalue weighted by Gasteiger charge is 2.27. The first-order chi connectivity index (χ1) is 12.3. The molecule has 0 fully saturated rings. The zero-order chi connectivity index (χ0) is 17.1. The Hall–Kier alpha value is -2.02. The summed E-state index contributed by atoms with van der Waals surface area (Å²) in [5.74, 6) is 1.14. The molecule has 1 unspecified atom stereocenters. The Morgan fingerprint density at radius 1 is 1.16 bits per heavy atom. The Balaban J connectivity index is 1.39. The third kappa shape index (κ3) is 3.66. The molecule has 3 aromatic rings. The van der Waals surface area contributed by atoms with Crippen LogP contribution in [0.4, 0.5) is 0 Å². The molecule has 130 valence electrons. The van der Waals surface area contributed by atoms with Crippen molar-refractivity contribution in [3.8, 4) is 0 Å². The van der Waals surface area contributed by atoms with Crippen LogP contribution in [0.3, 0.4) is 0 Å². The van der Waals surface area contributed by atoms with Crippen molar-refractivity contribution < 1.29 is 4.74 Å². The van der Waals surface area contributed by atoms with Gasteiger partial charge in [-0.15, -0.1) is 0 Å². The smallest absolute Gasteiger partial charge is 0.126 e. The van der Waals surface area contributed by atoms with E-state index in [0.29, 0.717) is 19.3 Å². The van der Waals surface area contributed by atoms with Crippen molar-refractivity contribution in [3.05, 3.63) is 70.2 Å². The number of imidazole rings is 1. The van der Waals surface area contributed by atoms with Crippen LogP contribution in [0, 0.1) is 0 Å². The van der Waals surface area contributed by atoms with Crippen LogP contribution in [0.15, 0.2) is 47.5 Å². The summed E-state index contributed by atoms with van der Waals surface area (Å²) in [5, 5.41) is 4.37. The minimum atomic E-state index is 0.322. The number of nitrogens with zero attached hydrogens (tertiary/aromatic N) is 4. The standard InChI is InChI=1S/C19H22N4OS/c1-15-19-21-10-18(13-24-12-16-2-5-20-6-3-16)23(19)8-7-22(15)11-17-4-9-25-14-17/h2-6,9-10,14-15H,7-8,11-13H2,1H3. The lowest BCUT2D eigenvalue weighted by Crippen LogP contribution is -2.37. The predicted molar refractivity (Wildman–Crippen MR) is 98.1 cm³/mol. The van der Waals surface area contributed by atoms with Gasteiger partial charge in [-0.1, -0.05) is 0 Å². The van der Waals surface area contributed by atoms with Crippen molar-refractivity contribution in [2.24, 2.45) is 0 Å². The molecule has 4 rings (SSSR count). The molecule has 0 bridgehead atoms. The fourth-order valence-corrected chi connectivity index (χ4v) is 3.96. The van der Waals surface area contributed by atoms with Gasteiger partial charge in [-0.25, -0.2) is 4.98 Å². The molecular weight excluding hydrogens is 332 g/mol. The van der Waals surface area contributed by atoms with Gasteiger partial charge >= 0.3 is 0 Å². The van der Waals surface area contributed by atoms with Gasteiger partial charge in [-0.3, -0.25) is 9.88 Å². The van der Waals surface area contributed by atoms with E-state index >= 15 is 0 Å². The number of fused-ring (bicyclic) bond motifs is 1. The van der Waals surface area contributed by atoms with Gasteiger partial charge in [0.25, 0.3) is 0 Å². The summed E-state index contributed by atoms with van der Waals surface area (Å²) in [7, 11) is 0. The van der Waals surface area contributed by atoms with E-state index < -0.39 is 0 Å². The fourth-order valence-electron chi connectivity index (χ4n) is 3.30. The summed E-state index contributed by atoms with van der Waals surface area (Å²) in [6.07, 6.45) is 5.55. The van der Waals surface area contributed by atoms with Gasteiger partial charge < -0.3 is 9.30 Å². The number of ether oxygens (including phenoxy) is 1. The van der Waals surface area contributed by atoms with Crippen LogP contribution in [0.1, 0.15) is 35.6 Å². The van der Waals surface area contributed by atoms with Crippen molar-refractivity contribution in [1.29, 1.82) is 0 Å². The Morgan fingerprint density at radius 3 is 2.84 bits per heavy atom. The average molecular weight is 354 g/mol. The van der Waals surface area contributed by atoms with Gasteiger partial charge in [0.05, 0.1) is 31.1 Å². The first-order valence-corrected chi connectivity index (χ1v) is 9.51. The van der Waals surface area contributed by atoms with Crippen LogP contribution in [-0.2, 0) is 31.0 Å². The van der Waals surface area contributed by atoms with Gasteiger partial charge in [0, 0.05) is 32.0 Å². The summed E-state index contributed by atoms with van der Waals surface area (Å²) < 4.78 is 8.20. The number of pyridine rings is 1. The molecular formula is C19H22N4OS. The molecule has 3 aromatic heterocycles. The molecule has 0 amide bonds. The van der Waals surface area contributed by atoms with Crippen LogP contribution in [-0.4, -0.2) is 26.0 Å². The molecule has 1 aliphatic rings. The third-order valence-electron chi connectivity index (χ3n) is 4.74. The van der Waals surface area contributed by atoms with Crippen LogP contribution in [0.2, 0.25) is 0 Å². The summed E-state index contributed by atoms with van der Waals surface area (Å²) in [6, 6.07) is 6.49. The Kier molecular flexibility index (Phi) is 4.92. The number of aromatic nitrogens is 3. The Labute approximate surface area is 151 Å². The molecule has 0 saturated heterocycles. The number of thiophene rings is 1. The monoisotopic (exact) mass is 354 g/mol. The summed E-state index contributed by atoms with van der Waals surface area (Å²) in [5.41, 5.74) is 3.69. The second kappa shape index (κ2) is 7.47. The van der Waals surface area contributed by atoms with Crippen molar-refractivity contribution in [3.63, 3.8) is 0 Å². The molecule has 5 nitrogen and oxygen atoms in total. The lowest BCUT2D eigenvalue weighted by atomic mass is 10.2. The van der Waals surface area contributed by atoms with Crippen LogP contribution < -0.4 is 0 Å². The summed E-state index contributed by atoms with van der Waals surface area (Å²) >= 11 is 1.76. The topological polar surface area (TPSA) is 43.2 Å². The Morgan fingerprint density at radius 2 is 2.04 bits per heavy atom. The molecule has 0 spiro atoms. The Bertz CT molecular complexity index is 800. The van der Waals surface area contributed by atoms with E-state index in [2.05, 4.69) is 43.2 Å². The van der Waals surface area contributed by atoms with Crippen molar-refractivity contribution in [2.75, 3.05) is 6.54 Å². The second-order valence-electron chi connectivity index (χ2n) is 6.39. The second-order valence-corrected chi connectivity index (χ2v) is 7.17. The normalized spacial score (nSPS) is 17.6. The highest BCUT2D eigenvalue weighted by atomic mass is 32.1. The molecule has 0 aliphatic carbocycles. The lowest BCUT2D eigenvalue weighted by Gasteiger charge is -2.34. The first-order valence-electron chi connectivity index (χ1n) is 8.57. The minimum Gasteiger partial charge on any atom is -0.370 e. The quantitative estimate of drug-likeness (QED) is 0.678. The van der Waals surface area contributed by atoms with Gasteiger partial charge in [0.15, 0.2) is 0 Å². The van der Waals surface area contributed by atoms with E-state index in [4.69, 9.17) is 4.74 Å². The molecule has 0 aromatic carbocycles. The van der Waals surface area contributed by atoms with E-state index in [9.17, 15) is 0 Å².